The zero-order valence-electron chi connectivity index (χ0n) is 12.8. The number of fused-ring (bicyclic) bond motifs is 1. The average Bonchev–Trinajstić information content (AvgIpc) is 2.80. The van der Waals surface area contributed by atoms with Gasteiger partial charge in [-0.3, -0.25) is 4.79 Å². The van der Waals surface area contributed by atoms with E-state index in [4.69, 9.17) is 0 Å². The van der Waals surface area contributed by atoms with Crippen molar-refractivity contribution in [1.29, 1.82) is 5.26 Å². The van der Waals surface area contributed by atoms with Crippen LogP contribution < -0.4 is 0 Å². The third-order valence-corrected chi connectivity index (χ3v) is 3.83. The molecule has 0 atom stereocenters. The number of ketones is 1. The lowest BCUT2D eigenvalue weighted by molar-refractivity contribution is 0.104. The summed E-state index contributed by atoms with van der Waals surface area (Å²) in [4.78, 5) is 16.8. The Labute approximate surface area is 134 Å². The van der Waals surface area contributed by atoms with E-state index in [1.54, 1.807) is 24.3 Å². The second-order valence-corrected chi connectivity index (χ2v) is 5.46. The highest BCUT2D eigenvalue weighted by Gasteiger charge is 2.32. The normalized spacial score (nSPS) is 14.0. The Morgan fingerprint density at radius 3 is 2.48 bits per heavy atom. The monoisotopic (exact) mass is 302 g/mol. The average molecular weight is 302 g/mol. The largest absolute Gasteiger partial charge is 0.506 e. The van der Waals surface area contributed by atoms with Crippen molar-refractivity contribution in [3.05, 3.63) is 70.3 Å². The maximum Gasteiger partial charge on any atom is 0.200 e. The van der Waals surface area contributed by atoms with Crippen molar-refractivity contribution in [2.24, 2.45) is 4.99 Å². The maximum absolute atomic E-state index is 12.5. The van der Waals surface area contributed by atoms with Crippen LogP contribution in [0.2, 0.25) is 0 Å². The molecular formula is C19H14N2O2. The first-order valence-corrected chi connectivity index (χ1v) is 7.16. The second kappa shape index (κ2) is 5.54. The number of hydrogen-bond acceptors (Lipinski definition) is 4. The first-order chi connectivity index (χ1) is 11.0. The van der Waals surface area contributed by atoms with E-state index in [-0.39, 0.29) is 22.8 Å². The molecule has 2 aromatic carbocycles. The molecule has 0 heterocycles. The smallest absolute Gasteiger partial charge is 0.200 e. The summed E-state index contributed by atoms with van der Waals surface area (Å²) in [5.41, 5.74) is 3.25. The summed E-state index contributed by atoms with van der Waals surface area (Å²) in [5.74, 6) is -0.556. The zero-order valence-corrected chi connectivity index (χ0v) is 12.8. The summed E-state index contributed by atoms with van der Waals surface area (Å²) in [6.07, 6.45) is 0. The summed E-state index contributed by atoms with van der Waals surface area (Å²) >= 11 is 0. The molecule has 0 aromatic heterocycles. The van der Waals surface area contributed by atoms with Crippen molar-refractivity contribution in [3.63, 3.8) is 0 Å². The number of Topliss-reactive ketones (excluding diaryl/α,β-unsaturated/α-hetero) is 1. The van der Waals surface area contributed by atoms with Crippen molar-refractivity contribution >= 4 is 22.9 Å². The molecule has 0 amide bonds. The van der Waals surface area contributed by atoms with Crippen molar-refractivity contribution in [1.82, 2.24) is 0 Å². The molecule has 0 unspecified atom stereocenters. The molecule has 0 aliphatic heterocycles. The van der Waals surface area contributed by atoms with Crippen molar-refractivity contribution in [2.45, 2.75) is 13.8 Å². The molecule has 3 rings (SSSR count). The minimum absolute atomic E-state index is 0.0328. The van der Waals surface area contributed by atoms with Gasteiger partial charge in [0, 0.05) is 11.1 Å². The number of rotatable bonds is 2. The van der Waals surface area contributed by atoms with Gasteiger partial charge in [0.2, 0.25) is 0 Å². The van der Waals surface area contributed by atoms with E-state index in [1.807, 2.05) is 38.1 Å². The molecule has 0 bridgehead atoms. The van der Waals surface area contributed by atoms with Crippen LogP contribution in [-0.2, 0) is 0 Å². The number of allylic oxidation sites excluding steroid dienone is 1. The summed E-state index contributed by atoms with van der Waals surface area (Å²) in [6, 6.07) is 14.4. The summed E-state index contributed by atoms with van der Waals surface area (Å²) in [6.45, 7) is 3.81. The number of hydrogen-bond donors (Lipinski definition) is 1. The minimum Gasteiger partial charge on any atom is -0.506 e. The number of aryl methyl sites for hydroxylation is 2. The highest BCUT2D eigenvalue weighted by molar-refractivity contribution is 6.39. The highest BCUT2D eigenvalue weighted by atomic mass is 16.3. The Morgan fingerprint density at radius 2 is 1.83 bits per heavy atom. The Kier molecular flexibility index (Phi) is 3.55. The SMILES string of the molecule is Cc1ccc(C)c(N=C(C#N)C2=C(O)c3ccccc3C2=O)c1. The van der Waals surface area contributed by atoms with Crippen LogP contribution in [0, 0.1) is 25.2 Å². The minimum atomic E-state index is -0.372. The molecule has 112 valence electrons. The van der Waals surface area contributed by atoms with Gasteiger partial charge >= 0.3 is 0 Å². The number of nitriles is 1. The van der Waals surface area contributed by atoms with Gasteiger partial charge < -0.3 is 5.11 Å². The first kappa shape index (κ1) is 14.7. The molecule has 1 N–H and O–H groups in total. The van der Waals surface area contributed by atoms with Gasteiger partial charge in [-0.05, 0) is 31.0 Å². The third kappa shape index (κ3) is 2.43. The summed E-state index contributed by atoms with van der Waals surface area (Å²) in [5, 5.41) is 19.8. The van der Waals surface area contributed by atoms with Crippen LogP contribution in [-0.4, -0.2) is 16.6 Å². The quantitative estimate of drug-likeness (QED) is 0.850. The van der Waals surface area contributed by atoms with Gasteiger partial charge in [-0.15, -0.1) is 0 Å². The van der Waals surface area contributed by atoms with E-state index < -0.39 is 0 Å². The van der Waals surface area contributed by atoms with E-state index in [1.165, 1.54) is 0 Å². The molecule has 23 heavy (non-hydrogen) atoms. The van der Waals surface area contributed by atoms with Crippen LogP contribution in [0.5, 0.6) is 0 Å². The van der Waals surface area contributed by atoms with Crippen molar-refractivity contribution < 1.29 is 9.90 Å². The fourth-order valence-corrected chi connectivity index (χ4v) is 2.58. The van der Waals surface area contributed by atoms with Gasteiger partial charge in [-0.1, -0.05) is 36.4 Å². The molecular weight excluding hydrogens is 288 g/mol. The lowest BCUT2D eigenvalue weighted by Gasteiger charge is -2.04. The zero-order chi connectivity index (χ0) is 16.6. The lowest BCUT2D eigenvalue weighted by Crippen LogP contribution is -2.09. The Balaban J connectivity index is 2.15. The molecule has 4 heteroatoms. The van der Waals surface area contributed by atoms with E-state index in [0.717, 1.165) is 11.1 Å². The predicted octanol–water partition coefficient (Wildman–Crippen LogP) is 4.07. The van der Waals surface area contributed by atoms with Crippen LogP contribution >= 0.6 is 0 Å². The summed E-state index contributed by atoms with van der Waals surface area (Å²) in [7, 11) is 0. The van der Waals surface area contributed by atoms with Crippen molar-refractivity contribution in [2.75, 3.05) is 0 Å². The molecule has 0 radical (unpaired) electrons. The number of carbonyl (C=O) groups is 1. The van der Waals surface area contributed by atoms with Gasteiger partial charge in [0.1, 0.15) is 17.4 Å². The number of aliphatic imine (C=N–C) groups is 1. The van der Waals surface area contributed by atoms with Crippen LogP contribution in [0.3, 0.4) is 0 Å². The van der Waals surface area contributed by atoms with Gasteiger partial charge in [0.05, 0.1) is 5.69 Å². The number of carbonyl (C=O) groups excluding carboxylic acids is 1. The molecule has 0 saturated heterocycles. The fourth-order valence-electron chi connectivity index (χ4n) is 2.58. The van der Waals surface area contributed by atoms with Gasteiger partial charge in [-0.2, -0.15) is 5.26 Å². The lowest BCUT2D eigenvalue weighted by atomic mass is 10.1. The number of aliphatic hydroxyl groups is 1. The highest BCUT2D eigenvalue weighted by Crippen LogP contribution is 2.32. The Morgan fingerprint density at radius 1 is 1.13 bits per heavy atom. The van der Waals surface area contributed by atoms with Crippen LogP contribution in [0.25, 0.3) is 5.76 Å². The Hall–Kier alpha value is -3.19. The summed E-state index contributed by atoms with van der Waals surface area (Å²) < 4.78 is 0. The van der Waals surface area contributed by atoms with E-state index in [0.29, 0.717) is 16.8 Å². The molecule has 1 aliphatic rings. The van der Waals surface area contributed by atoms with Crippen molar-refractivity contribution in [3.8, 4) is 6.07 Å². The fraction of sp³-hybridized carbons (Fsp3) is 0.105. The molecule has 1 aliphatic carbocycles. The maximum atomic E-state index is 12.5. The van der Waals surface area contributed by atoms with Gasteiger partial charge in [0.25, 0.3) is 0 Å². The van der Waals surface area contributed by atoms with E-state index in [9.17, 15) is 15.2 Å². The number of nitrogens with zero attached hydrogens (tertiary/aromatic N) is 2. The van der Waals surface area contributed by atoms with Crippen LogP contribution in [0.4, 0.5) is 5.69 Å². The standard InChI is InChI=1S/C19H14N2O2/c1-11-7-8-12(2)15(9-11)21-16(10-20)17-18(22)13-5-3-4-6-14(13)19(17)23/h3-9,22H,1-2H3. The van der Waals surface area contributed by atoms with Crippen LogP contribution in [0.1, 0.15) is 27.0 Å². The molecule has 4 nitrogen and oxygen atoms in total. The topological polar surface area (TPSA) is 73.4 Å². The molecule has 2 aromatic rings. The predicted molar refractivity (Wildman–Crippen MR) is 88.9 cm³/mol. The van der Waals surface area contributed by atoms with E-state index >= 15 is 0 Å². The van der Waals surface area contributed by atoms with Gasteiger partial charge in [0.15, 0.2) is 11.5 Å². The van der Waals surface area contributed by atoms with E-state index in [2.05, 4.69) is 4.99 Å². The van der Waals surface area contributed by atoms with Crippen LogP contribution in [0.15, 0.2) is 53.0 Å². The first-order valence-electron chi connectivity index (χ1n) is 7.16. The molecule has 0 fully saturated rings. The molecule has 0 saturated carbocycles. The van der Waals surface area contributed by atoms with Gasteiger partial charge in [-0.25, -0.2) is 4.99 Å². The number of aliphatic hydroxyl groups excluding tert-OH is 1. The Bertz CT molecular complexity index is 931. The second-order valence-electron chi connectivity index (χ2n) is 5.46. The molecule has 0 spiro atoms. The third-order valence-electron chi connectivity index (χ3n) is 3.83. The number of benzene rings is 2.